The zero-order valence-corrected chi connectivity index (χ0v) is 17.7. The molecule has 30 heavy (non-hydrogen) atoms. The van der Waals surface area contributed by atoms with Gasteiger partial charge < -0.3 is 10.7 Å². The predicted octanol–water partition coefficient (Wildman–Crippen LogP) is 5.71. The fourth-order valence-corrected chi connectivity index (χ4v) is 4.08. The topological polar surface area (TPSA) is 104 Å². The van der Waals surface area contributed by atoms with Crippen LogP contribution in [0.1, 0.15) is 5.56 Å². The Morgan fingerprint density at radius 1 is 1.00 bits per heavy atom. The number of H-pyrrole nitrogens is 1. The molecule has 0 unspecified atom stereocenters. The van der Waals surface area contributed by atoms with Crippen molar-refractivity contribution in [1.29, 1.82) is 5.26 Å². The Bertz CT molecular complexity index is 1500. The standard InChI is InChI=1S/C22H12BrClN6/c23-13-2-4-17-12(5-13)6-15(21(24)29-17)19-8-14(16(9-25)22(26)30-19)11-1-3-18-20(7-11)28-10-27-18/h1-8,10H,(H2,26,30)(H,27,28). The minimum absolute atomic E-state index is 0.139. The van der Waals surface area contributed by atoms with Crippen LogP contribution in [0.3, 0.4) is 0 Å². The van der Waals surface area contributed by atoms with Crippen molar-refractivity contribution in [3.63, 3.8) is 0 Å². The molecule has 0 atom stereocenters. The first-order valence-electron chi connectivity index (χ1n) is 8.94. The second-order valence-electron chi connectivity index (χ2n) is 6.73. The van der Waals surface area contributed by atoms with Gasteiger partial charge in [0.05, 0.1) is 28.6 Å². The van der Waals surface area contributed by atoms with Crippen LogP contribution in [0.25, 0.3) is 44.3 Å². The molecule has 6 nitrogen and oxygen atoms in total. The van der Waals surface area contributed by atoms with E-state index in [9.17, 15) is 5.26 Å². The Labute approximate surface area is 184 Å². The number of nitrogen functional groups attached to an aromatic ring is 1. The summed E-state index contributed by atoms with van der Waals surface area (Å²) in [7, 11) is 0. The van der Waals surface area contributed by atoms with Gasteiger partial charge in [0.15, 0.2) is 0 Å². The summed E-state index contributed by atoms with van der Waals surface area (Å²) < 4.78 is 0.936. The number of halogens is 2. The van der Waals surface area contributed by atoms with Crippen molar-refractivity contribution in [3.8, 4) is 28.5 Å². The molecule has 2 aromatic carbocycles. The van der Waals surface area contributed by atoms with Crippen LogP contribution in [0.2, 0.25) is 5.15 Å². The molecule has 0 bridgehead atoms. The number of fused-ring (bicyclic) bond motifs is 2. The van der Waals surface area contributed by atoms with Crippen molar-refractivity contribution in [2.75, 3.05) is 5.73 Å². The van der Waals surface area contributed by atoms with Gasteiger partial charge in [0.25, 0.3) is 0 Å². The SMILES string of the molecule is N#Cc1c(-c2ccc3nc[nH]c3c2)cc(-c2cc3cc(Br)ccc3nc2Cl)nc1N. The lowest BCUT2D eigenvalue weighted by Gasteiger charge is -2.12. The first-order chi connectivity index (χ1) is 14.5. The molecule has 5 aromatic rings. The Balaban J connectivity index is 1.75. The summed E-state index contributed by atoms with van der Waals surface area (Å²) in [6.07, 6.45) is 1.63. The van der Waals surface area contributed by atoms with Crippen molar-refractivity contribution in [3.05, 3.63) is 70.0 Å². The number of nitrogens with zero attached hydrogens (tertiary/aromatic N) is 4. The van der Waals surface area contributed by atoms with Gasteiger partial charge in [-0.25, -0.2) is 15.0 Å². The molecule has 0 aliphatic carbocycles. The average Bonchev–Trinajstić information content (AvgIpc) is 3.21. The van der Waals surface area contributed by atoms with Gasteiger partial charge in [-0.05, 0) is 48.0 Å². The van der Waals surface area contributed by atoms with Gasteiger partial charge >= 0.3 is 0 Å². The van der Waals surface area contributed by atoms with E-state index >= 15 is 0 Å². The molecule has 0 saturated carbocycles. The van der Waals surface area contributed by atoms with E-state index in [1.165, 1.54) is 0 Å². The third-order valence-corrected chi connectivity index (χ3v) is 5.68. The third-order valence-electron chi connectivity index (χ3n) is 4.90. The van der Waals surface area contributed by atoms with Crippen LogP contribution in [0, 0.1) is 11.3 Å². The number of hydrogen-bond donors (Lipinski definition) is 2. The van der Waals surface area contributed by atoms with Crippen LogP contribution in [-0.4, -0.2) is 19.9 Å². The molecule has 8 heteroatoms. The number of benzene rings is 2. The van der Waals surface area contributed by atoms with Gasteiger partial charge in [0, 0.05) is 21.0 Å². The lowest BCUT2D eigenvalue weighted by Crippen LogP contribution is -2.00. The smallest absolute Gasteiger partial charge is 0.142 e. The van der Waals surface area contributed by atoms with E-state index in [0.717, 1.165) is 32.0 Å². The van der Waals surface area contributed by atoms with Crippen LogP contribution < -0.4 is 5.73 Å². The van der Waals surface area contributed by atoms with Gasteiger partial charge in [0.1, 0.15) is 22.6 Å². The molecular weight excluding hydrogens is 464 g/mol. The van der Waals surface area contributed by atoms with Crippen LogP contribution in [0.5, 0.6) is 0 Å². The molecule has 5 rings (SSSR count). The molecule has 0 aliphatic rings. The van der Waals surface area contributed by atoms with Crippen molar-refractivity contribution in [2.24, 2.45) is 0 Å². The van der Waals surface area contributed by atoms with E-state index in [-0.39, 0.29) is 5.82 Å². The summed E-state index contributed by atoms with van der Waals surface area (Å²) in [4.78, 5) is 16.3. The summed E-state index contributed by atoms with van der Waals surface area (Å²) in [5.41, 5.74) is 11.6. The summed E-state index contributed by atoms with van der Waals surface area (Å²) in [5, 5.41) is 10.9. The van der Waals surface area contributed by atoms with Crippen molar-refractivity contribution < 1.29 is 0 Å². The van der Waals surface area contributed by atoms with E-state index in [0.29, 0.717) is 27.5 Å². The molecular formula is C22H12BrClN6. The van der Waals surface area contributed by atoms with Gasteiger partial charge in [-0.2, -0.15) is 5.26 Å². The van der Waals surface area contributed by atoms with Gasteiger partial charge in [0.2, 0.25) is 0 Å². The molecule has 3 N–H and O–H groups in total. The lowest BCUT2D eigenvalue weighted by atomic mass is 9.98. The van der Waals surface area contributed by atoms with E-state index < -0.39 is 0 Å². The number of imidazole rings is 1. The maximum atomic E-state index is 9.69. The highest BCUT2D eigenvalue weighted by molar-refractivity contribution is 9.10. The van der Waals surface area contributed by atoms with E-state index in [2.05, 4.69) is 41.9 Å². The minimum Gasteiger partial charge on any atom is -0.383 e. The lowest BCUT2D eigenvalue weighted by molar-refractivity contribution is 1.29. The van der Waals surface area contributed by atoms with Crippen LogP contribution >= 0.6 is 27.5 Å². The highest BCUT2D eigenvalue weighted by Crippen LogP contribution is 2.35. The minimum atomic E-state index is 0.139. The number of pyridine rings is 2. The molecule has 3 aromatic heterocycles. The maximum absolute atomic E-state index is 9.69. The van der Waals surface area contributed by atoms with Crippen LogP contribution in [-0.2, 0) is 0 Å². The number of anilines is 1. The van der Waals surface area contributed by atoms with E-state index in [1.54, 1.807) is 6.33 Å². The van der Waals surface area contributed by atoms with Crippen molar-refractivity contribution in [1.82, 2.24) is 19.9 Å². The zero-order valence-electron chi connectivity index (χ0n) is 15.3. The predicted molar refractivity (Wildman–Crippen MR) is 122 cm³/mol. The van der Waals surface area contributed by atoms with Gasteiger partial charge in [-0.1, -0.05) is 33.6 Å². The third kappa shape index (κ3) is 3.07. The number of hydrogen-bond acceptors (Lipinski definition) is 5. The Hall–Kier alpha value is -3.47. The average molecular weight is 476 g/mol. The summed E-state index contributed by atoms with van der Waals surface area (Å²) >= 11 is 9.96. The fourth-order valence-electron chi connectivity index (χ4n) is 3.45. The number of aromatic amines is 1. The first kappa shape index (κ1) is 18.6. The Kier molecular flexibility index (Phi) is 4.39. The van der Waals surface area contributed by atoms with Crippen molar-refractivity contribution >= 4 is 55.3 Å². The maximum Gasteiger partial charge on any atom is 0.142 e. The summed E-state index contributed by atoms with van der Waals surface area (Å²) in [6.45, 7) is 0. The molecule has 3 heterocycles. The molecule has 0 spiro atoms. The van der Waals surface area contributed by atoms with Gasteiger partial charge in [-0.15, -0.1) is 0 Å². The number of nitriles is 1. The van der Waals surface area contributed by atoms with E-state index in [1.807, 2.05) is 48.5 Å². The Morgan fingerprint density at radius 2 is 1.83 bits per heavy atom. The number of nitrogens with two attached hydrogens (primary N) is 1. The largest absolute Gasteiger partial charge is 0.383 e. The monoisotopic (exact) mass is 474 g/mol. The molecule has 0 aliphatic heterocycles. The van der Waals surface area contributed by atoms with Crippen LogP contribution in [0.15, 0.2) is 59.3 Å². The Morgan fingerprint density at radius 3 is 2.67 bits per heavy atom. The highest BCUT2D eigenvalue weighted by Gasteiger charge is 2.17. The second-order valence-corrected chi connectivity index (χ2v) is 8.00. The number of rotatable bonds is 2. The number of nitrogens with one attached hydrogen (secondary N) is 1. The van der Waals surface area contributed by atoms with E-state index in [4.69, 9.17) is 17.3 Å². The molecule has 144 valence electrons. The summed E-state index contributed by atoms with van der Waals surface area (Å²) in [6, 6.07) is 17.4. The van der Waals surface area contributed by atoms with Crippen molar-refractivity contribution in [2.45, 2.75) is 0 Å². The second kappa shape index (κ2) is 7.10. The zero-order chi connectivity index (χ0) is 20.8. The fraction of sp³-hybridized carbons (Fsp3) is 0. The summed E-state index contributed by atoms with van der Waals surface area (Å²) in [5.74, 6) is 0.139. The molecule has 0 saturated heterocycles. The molecule has 0 amide bonds. The molecule has 0 fully saturated rings. The number of aromatic nitrogens is 4. The quantitative estimate of drug-likeness (QED) is 0.318. The highest BCUT2D eigenvalue weighted by atomic mass is 79.9. The molecule has 0 radical (unpaired) electrons. The first-order valence-corrected chi connectivity index (χ1v) is 10.1. The van der Waals surface area contributed by atoms with Gasteiger partial charge in [-0.3, -0.25) is 0 Å². The van der Waals surface area contributed by atoms with Crippen LogP contribution in [0.4, 0.5) is 5.82 Å². The normalized spacial score (nSPS) is 11.1.